The van der Waals surface area contributed by atoms with E-state index < -0.39 is 36.3 Å². The standard InChI is InChI=1S/C20H20F4N4O3/c21-16-8-12(7-15(30)11-29)9-26-18(16)13-3-5-28(6-4-13)19(31)27-17-2-1-14(10-25-17)20(22,23)24/h1-3,8-10,15,29-30H,4-7,11H2,(H,25,27,31)/t15-/m0/s1. The van der Waals surface area contributed by atoms with Gasteiger partial charge in [-0.25, -0.2) is 14.2 Å². The van der Waals surface area contributed by atoms with E-state index in [0.29, 0.717) is 23.8 Å². The van der Waals surface area contributed by atoms with Gasteiger partial charge in [0.25, 0.3) is 0 Å². The Balaban J connectivity index is 1.61. The summed E-state index contributed by atoms with van der Waals surface area (Å²) < 4.78 is 52.2. The largest absolute Gasteiger partial charge is 0.417 e. The van der Waals surface area contributed by atoms with Crippen molar-refractivity contribution in [3.63, 3.8) is 0 Å². The molecule has 0 saturated carbocycles. The van der Waals surface area contributed by atoms with Gasteiger partial charge in [0.1, 0.15) is 17.3 Å². The summed E-state index contributed by atoms with van der Waals surface area (Å²) in [6.07, 6.45) is -1.38. The van der Waals surface area contributed by atoms with E-state index >= 15 is 0 Å². The van der Waals surface area contributed by atoms with Crippen molar-refractivity contribution in [2.45, 2.75) is 25.1 Å². The van der Waals surface area contributed by atoms with Crippen molar-refractivity contribution in [3.05, 3.63) is 59.3 Å². The first-order valence-electron chi connectivity index (χ1n) is 9.39. The first-order chi connectivity index (χ1) is 14.7. The van der Waals surface area contributed by atoms with Crippen LogP contribution < -0.4 is 5.32 Å². The minimum atomic E-state index is -4.51. The lowest BCUT2D eigenvalue weighted by Gasteiger charge is -2.26. The SMILES string of the molecule is O=C(Nc1ccc(C(F)(F)F)cn1)N1CC=C(c2ncc(C[C@H](O)CO)cc2F)CC1. The molecule has 0 bridgehead atoms. The number of pyridine rings is 2. The number of aliphatic hydroxyl groups is 2. The molecule has 3 N–H and O–H groups in total. The molecule has 11 heteroatoms. The third kappa shape index (κ3) is 5.76. The fourth-order valence-electron chi connectivity index (χ4n) is 3.05. The number of aromatic nitrogens is 2. The van der Waals surface area contributed by atoms with Crippen LogP contribution in [0.2, 0.25) is 0 Å². The Morgan fingerprint density at radius 2 is 2.03 bits per heavy atom. The van der Waals surface area contributed by atoms with Gasteiger partial charge in [0.05, 0.1) is 18.3 Å². The average molecular weight is 440 g/mol. The molecule has 0 saturated heterocycles. The number of rotatable bonds is 5. The quantitative estimate of drug-likeness (QED) is 0.621. The zero-order valence-electron chi connectivity index (χ0n) is 16.2. The summed E-state index contributed by atoms with van der Waals surface area (Å²) >= 11 is 0. The number of amides is 2. The van der Waals surface area contributed by atoms with Gasteiger partial charge in [-0.2, -0.15) is 13.2 Å². The molecule has 0 radical (unpaired) electrons. The summed E-state index contributed by atoms with van der Waals surface area (Å²) in [6, 6.07) is 2.61. The molecule has 31 heavy (non-hydrogen) atoms. The number of anilines is 1. The number of carbonyl (C=O) groups excluding carboxylic acids is 1. The van der Waals surface area contributed by atoms with Crippen molar-refractivity contribution in [2.75, 3.05) is 25.0 Å². The highest BCUT2D eigenvalue weighted by Gasteiger charge is 2.30. The summed E-state index contributed by atoms with van der Waals surface area (Å²) in [6.45, 7) is -0.0211. The van der Waals surface area contributed by atoms with Crippen molar-refractivity contribution < 1.29 is 32.6 Å². The van der Waals surface area contributed by atoms with E-state index in [1.807, 2.05) is 0 Å². The zero-order valence-corrected chi connectivity index (χ0v) is 16.2. The molecule has 2 aromatic rings. The highest BCUT2D eigenvalue weighted by atomic mass is 19.4. The van der Waals surface area contributed by atoms with E-state index in [9.17, 15) is 27.5 Å². The summed E-state index contributed by atoms with van der Waals surface area (Å²) in [7, 11) is 0. The molecule has 1 aliphatic heterocycles. The number of halogens is 4. The Morgan fingerprint density at radius 1 is 1.26 bits per heavy atom. The van der Waals surface area contributed by atoms with Crippen LogP contribution in [0, 0.1) is 5.82 Å². The molecular weight excluding hydrogens is 420 g/mol. The summed E-state index contributed by atoms with van der Waals surface area (Å²) in [5, 5.41) is 20.8. The summed E-state index contributed by atoms with van der Waals surface area (Å²) in [4.78, 5) is 21.4. The monoisotopic (exact) mass is 440 g/mol. The molecular formula is C20H20F4N4O3. The molecule has 166 valence electrons. The molecule has 2 aromatic heterocycles. The van der Waals surface area contributed by atoms with Gasteiger partial charge in [-0.05, 0) is 35.8 Å². The van der Waals surface area contributed by atoms with Gasteiger partial charge in [-0.1, -0.05) is 6.08 Å². The van der Waals surface area contributed by atoms with Crippen molar-refractivity contribution >= 4 is 17.4 Å². The van der Waals surface area contributed by atoms with Crippen molar-refractivity contribution in [1.29, 1.82) is 0 Å². The van der Waals surface area contributed by atoms with E-state index in [1.54, 1.807) is 6.08 Å². The predicted octanol–water partition coefficient (Wildman–Crippen LogP) is 2.85. The third-order valence-corrected chi connectivity index (χ3v) is 4.71. The highest BCUT2D eigenvalue weighted by Crippen LogP contribution is 2.29. The van der Waals surface area contributed by atoms with Gasteiger partial charge in [0.2, 0.25) is 0 Å². The number of nitrogens with one attached hydrogen (secondary N) is 1. The topological polar surface area (TPSA) is 98.6 Å². The first kappa shape index (κ1) is 22.6. The summed E-state index contributed by atoms with van der Waals surface area (Å²) in [5.41, 5.74) is 0.293. The molecule has 1 atom stereocenters. The van der Waals surface area contributed by atoms with Crippen LogP contribution >= 0.6 is 0 Å². The number of carbonyl (C=O) groups is 1. The Labute approximate surface area is 175 Å². The number of hydrogen-bond acceptors (Lipinski definition) is 5. The van der Waals surface area contributed by atoms with Gasteiger partial charge >= 0.3 is 12.2 Å². The zero-order chi connectivity index (χ0) is 22.6. The van der Waals surface area contributed by atoms with Crippen LogP contribution in [0.1, 0.15) is 23.2 Å². The molecule has 3 heterocycles. The third-order valence-electron chi connectivity index (χ3n) is 4.71. The van der Waals surface area contributed by atoms with Crippen molar-refractivity contribution in [1.82, 2.24) is 14.9 Å². The van der Waals surface area contributed by atoms with Gasteiger partial charge in [0.15, 0.2) is 0 Å². The lowest BCUT2D eigenvalue weighted by Crippen LogP contribution is -2.38. The van der Waals surface area contributed by atoms with Gasteiger partial charge in [-0.3, -0.25) is 10.3 Å². The van der Waals surface area contributed by atoms with Crippen LogP contribution in [-0.2, 0) is 12.6 Å². The van der Waals surface area contributed by atoms with E-state index in [-0.39, 0.29) is 31.0 Å². The van der Waals surface area contributed by atoms with Crippen LogP contribution in [0.25, 0.3) is 5.57 Å². The maximum Gasteiger partial charge on any atom is 0.417 e. The van der Waals surface area contributed by atoms with Crippen molar-refractivity contribution in [2.24, 2.45) is 0 Å². The Morgan fingerprint density at radius 3 is 2.58 bits per heavy atom. The normalized spacial score (nSPS) is 15.4. The molecule has 0 aromatic carbocycles. The maximum atomic E-state index is 14.4. The number of alkyl halides is 3. The number of urea groups is 1. The minimum absolute atomic E-state index is 0.0128. The average Bonchev–Trinajstić information content (AvgIpc) is 2.73. The second-order valence-electron chi connectivity index (χ2n) is 7.00. The van der Waals surface area contributed by atoms with E-state index in [0.717, 1.165) is 12.1 Å². The molecule has 0 unspecified atom stereocenters. The lowest BCUT2D eigenvalue weighted by atomic mass is 10.0. The van der Waals surface area contributed by atoms with Gasteiger partial charge < -0.3 is 15.1 Å². The lowest BCUT2D eigenvalue weighted by molar-refractivity contribution is -0.137. The van der Waals surface area contributed by atoms with Crippen LogP contribution in [0.15, 0.2) is 36.7 Å². The number of hydrogen-bond donors (Lipinski definition) is 3. The fraction of sp³-hybridized carbons (Fsp3) is 0.350. The second kappa shape index (κ2) is 9.40. The van der Waals surface area contributed by atoms with E-state index in [4.69, 9.17) is 5.11 Å². The van der Waals surface area contributed by atoms with Crippen LogP contribution in [0.4, 0.5) is 28.2 Å². The Hall–Kier alpha value is -3.05. The predicted molar refractivity (Wildman–Crippen MR) is 103 cm³/mol. The minimum Gasteiger partial charge on any atom is -0.394 e. The smallest absolute Gasteiger partial charge is 0.394 e. The fourth-order valence-corrected chi connectivity index (χ4v) is 3.05. The number of aliphatic hydroxyl groups excluding tert-OH is 2. The van der Waals surface area contributed by atoms with Crippen LogP contribution in [0.3, 0.4) is 0 Å². The van der Waals surface area contributed by atoms with Crippen LogP contribution in [-0.4, -0.2) is 56.9 Å². The van der Waals surface area contributed by atoms with E-state index in [1.165, 1.54) is 17.2 Å². The molecule has 3 rings (SSSR count). The highest BCUT2D eigenvalue weighted by molar-refractivity contribution is 5.89. The Kier molecular flexibility index (Phi) is 6.86. The maximum absolute atomic E-state index is 14.4. The van der Waals surface area contributed by atoms with E-state index in [2.05, 4.69) is 15.3 Å². The van der Waals surface area contributed by atoms with Crippen LogP contribution in [0.5, 0.6) is 0 Å². The van der Waals surface area contributed by atoms with Gasteiger partial charge in [-0.15, -0.1) is 0 Å². The first-order valence-corrected chi connectivity index (χ1v) is 9.39. The molecule has 0 spiro atoms. The Bertz CT molecular complexity index is 964. The molecule has 7 nitrogen and oxygen atoms in total. The molecule has 0 fully saturated rings. The molecule has 2 amide bonds. The van der Waals surface area contributed by atoms with Gasteiger partial charge in [0, 0.05) is 31.9 Å². The molecule has 0 aliphatic carbocycles. The second-order valence-corrected chi connectivity index (χ2v) is 7.00. The number of nitrogens with zero attached hydrogens (tertiary/aromatic N) is 3. The molecule has 1 aliphatic rings. The van der Waals surface area contributed by atoms with Crippen molar-refractivity contribution in [3.8, 4) is 0 Å². The summed E-state index contributed by atoms with van der Waals surface area (Å²) in [5.74, 6) is -0.582.